The molecule has 3 aromatic rings. The van der Waals surface area contributed by atoms with Crippen molar-refractivity contribution in [3.8, 4) is 11.5 Å². The minimum Gasteiger partial charge on any atom is -0.497 e. The zero-order valence-electron chi connectivity index (χ0n) is 17.7. The van der Waals surface area contributed by atoms with Crippen LogP contribution in [0.1, 0.15) is 23.0 Å². The van der Waals surface area contributed by atoms with E-state index in [1.807, 2.05) is 24.3 Å². The van der Waals surface area contributed by atoms with E-state index in [-0.39, 0.29) is 5.91 Å². The number of fused-ring (bicyclic) bond motifs is 1. The van der Waals surface area contributed by atoms with E-state index >= 15 is 0 Å². The van der Waals surface area contributed by atoms with Crippen LogP contribution in [0.4, 0.5) is 0 Å². The Balaban J connectivity index is 0.000000785. The number of nitrogens with two attached hydrogens (primary N) is 1. The first kappa shape index (κ1) is 23.6. The van der Waals surface area contributed by atoms with Crippen LogP contribution in [-0.4, -0.2) is 59.2 Å². The Morgan fingerprint density at radius 1 is 1.16 bits per heavy atom. The van der Waals surface area contributed by atoms with E-state index < -0.39 is 5.97 Å². The molecule has 3 rings (SSSR count). The molecule has 1 heterocycles. The second-order valence-corrected chi connectivity index (χ2v) is 6.53. The number of benzene rings is 2. The summed E-state index contributed by atoms with van der Waals surface area (Å²) in [6.07, 6.45) is 1.69. The second-order valence-electron chi connectivity index (χ2n) is 6.53. The van der Waals surface area contributed by atoms with Crippen LogP contribution >= 0.6 is 0 Å². The van der Waals surface area contributed by atoms with Gasteiger partial charge in [-0.1, -0.05) is 12.1 Å². The predicted molar refractivity (Wildman–Crippen MR) is 116 cm³/mol. The minimum atomic E-state index is -0.833. The molecule has 2 aromatic carbocycles. The van der Waals surface area contributed by atoms with Gasteiger partial charge in [0.25, 0.3) is 11.9 Å². The first-order chi connectivity index (χ1) is 14.8. The van der Waals surface area contributed by atoms with Crippen LogP contribution < -0.4 is 15.2 Å². The van der Waals surface area contributed by atoms with Crippen LogP contribution in [0.2, 0.25) is 0 Å². The lowest BCUT2D eigenvalue weighted by atomic mass is 10.1. The molecular weight excluding hydrogens is 400 g/mol. The van der Waals surface area contributed by atoms with Crippen LogP contribution in [0.25, 0.3) is 11.0 Å². The van der Waals surface area contributed by atoms with E-state index in [4.69, 9.17) is 25.1 Å². The van der Waals surface area contributed by atoms with Gasteiger partial charge in [0.15, 0.2) is 0 Å². The molecule has 9 nitrogen and oxygen atoms in total. The van der Waals surface area contributed by atoms with Gasteiger partial charge >= 0.3 is 0 Å². The SMILES string of the molecule is CC(=O)O.COc1ccc(C(=O)N(C)Cc2cnc3ccccc3n2)c(OCCN)c1. The molecule has 0 saturated heterocycles. The van der Waals surface area contributed by atoms with Crippen molar-refractivity contribution in [2.45, 2.75) is 13.5 Å². The molecule has 0 bridgehead atoms. The highest BCUT2D eigenvalue weighted by Gasteiger charge is 2.18. The number of aromatic nitrogens is 2. The maximum atomic E-state index is 12.9. The van der Waals surface area contributed by atoms with E-state index in [1.165, 1.54) is 0 Å². The number of methoxy groups -OCH3 is 1. The molecule has 0 aliphatic rings. The lowest BCUT2D eigenvalue weighted by molar-refractivity contribution is -0.134. The van der Waals surface area contributed by atoms with Gasteiger partial charge in [0.05, 0.1) is 42.1 Å². The third kappa shape index (κ3) is 6.93. The molecule has 0 aliphatic heterocycles. The fourth-order valence-corrected chi connectivity index (χ4v) is 2.69. The van der Waals surface area contributed by atoms with Gasteiger partial charge in [-0.2, -0.15) is 0 Å². The highest BCUT2D eigenvalue weighted by atomic mass is 16.5. The highest BCUT2D eigenvalue weighted by Crippen LogP contribution is 2.26. The average Bonchev–Trinajstić information content (AvgIpc) is 2.76. The standard InChI is InChI=1S/C20H22N4O3.C2H4O2/c1-24(13-14-12-22-17-5-3-4-6-18(17)23-14)20(25)16-8-7-15(26-2)11-19(16)27-10-9-21;1-2(3)4/h3-8,11-12H,9-10,13,21H2,1-2H3;1H3,(H,3,4). The van der Waals surface area contributed by atoms with Crippen LogP contribution in [-0.2, 0) is 11.3 Å². The summed E-state index contributed by atoms with van der Waals surface area (Å²) < 4.78 is 10.8. The molecule has 0 fully saturated rings. The first-order valence-electron chi connectivity index (χ1n) is 9.52. The predicted octanol–water partition coefficient (Wildman–Crippen LogP) is 2.34. The zero-order valence-corrected chi connectivity index (χ0v) is 17.7. The number of rotatable bonds is 7. The van der Waals surface area contributed by atoms with Crippen molar-refractivity contribution in [1.29, 1.82) is 0 Å². The van der Waals surface area contributed by atoms with Crippen molar-refractivity contribution in [1.82, 2.24) is 14.9 Å². The smallest absolute Gasteiger partial charge is 0.300 e. The summed E-state index contributed by atoms with van der Waals surface area (Å²) in [4.78, 5) is 32.5. The number of para-hydroxylation sites is 2. The zero-order chi connectivity index (χ0) is 22.8. The normalized spacial score (nSPS) is 10.1. The minimum absolute atomic E-state index is 0.181. The summed E-state index contributed by atoms with van der Waals surface area (Å²) in [6.45, 7) is 2.08. The summed E-state index contributed by atoms with van der Waals surface area (Å²) in [5.41, 5.74) is 8.29. The molecular formula is C22H26N4O5. The Kier molecular flexibility index (Phi) is 8.71. The van der Waals surface area contributed by atoms with E-state index in [0.29, 0.717) is 42.5 Å². The molecule has 164 valence electrons. The fourth-order valence-electron chi connectivity index (χ4n) is 2.69. The Labute approximate surface area is 180 Å². The number of hydrogen-bond acceptors (Lipinski definition) is 7. The van der Waals surface area contributed by atoms with Crippen molar-refractivity contribution in [2.75, 3.05) is 27.3 Å². The van der Waals surface area contributed by atoms with Crippen molar-refractivity contribution < 1.29 is 24.2 Å². The van der Waals surface area contributed by atoms with E-state index in [1.54, 1.807) is 43.5 Å². The van der Waals surface area contributed by atoms with Crippen molar-refractivity contribution in [3.05, 3.63) is 59.9 Å². The van der Waals surface area contributed by atoms with Gasteiger partial charge < -0.3 is 25.2 Å². The van der Waals surface area contributed by atoms with Gasteiger partial charge in [-0.05, 0) is 24.3 Å². The van der Waals surface area contributed by atoms with Crippen molar-refractivity contribution >= 4 is 22.9 Å². The van der Waals surface area contributed by atoms with Crippen LogP contribution in [0.3, 0.4) is 0 Å². The number of carboxylic acid groups (broad SMARTS) is 1. The number of aliphatic carboxylic acids is 1. The van der Waals surface area contributed by atoms with Gasteiger partial charge in [0.1, 0.15) is 18.1 Å². The molecule has 0 spiro atoms. The number of nitrogens with zero attached hydrogens (tertiary/aromatic N) is 3. The first-order valence-corrected chi connectivity index (χ1v) is 9.52. The lowest BCUT2D eigenvalue weighted by Gasteiger charge is -2.19. The monoisotopic (exact) mass is 426 g/mol. The molecule has 0 aliphatic carbocycles. The van der Waals surface area contributed by atoms with Crippen molar-refractivity contribution in [3.63, 3.8) is 0 Å². The fraction of sp³-hybridized carbons (Fsp3) is 0.273. The number of carbonyl (C=O) groups excluding carboxylic acids is 1. The summed E-state index contributed by atoms with van der Waals surface area (Å²) in [5, 5.41) is 7.42. The number of carboxylic acids is 1. The summed E-state index contributed by atoms with van der Waals surface area (Å²) >= 11 is 0. The maximum absolute atomic E-state index is 12.9. The molecule has 0 radical (unpaired) electrons. The van der Waals surface area contributed by atoms with E-state index in [9.17, 15) is 4.79 Å². The van der Waals surface area contributed by atoms with Gasteiger partial charge in [-0.3, -0.25) is 14.6 Å². The summed E-state index contributed by atoms with van der Waals surface area (Å²) in [6, 6.07) is 12.7. The molecule has 9 heteroatoms. The Hall–Kier alpha value is -3.72. The molecule has 1 aromatic heterocycles. The molecule has 31 heavy (non-hydrogen) atoms. The average molecular weight is 426 g/mol. The Morgan fingerprint density at radius 2 is 1.84 bits per heavy atom. The van der Waals surface area contributed by atoms with Crippen LogP contribution in [0.5, 0.6) is 11.5 Å². The van der Waals surface area contributed by atoms with Crippen LogP contribution in [0, 0.1) is 0 Å². The van der Waals surface area contributed by atoms with Gasteiger partial charge in [-0.25, -0.2) is 4.98 Å². The molecule has 0 saturated carbocycles. The summed E-state index contributed by atoms with van der Waals surface area (Å²) in [5.74, 6) is 0.0440. The number of carbonyl (C=O) groups is 2. The van der Waals surface area contributed by atoms with E-state index in [2.05, 4.69) is 9.97 Å². The van der Waals surface area contributed by atoms with E-state index in [0.717, 1.165) is 18.0 Å². The number of amides is 1. The quantitative estimate of drug-likeness (QED) is 0.589. The van der Waals surface area contributed by atoms with Gasteiger partial charge in [0, 0.05) is 26.6 Å². The third-order valence-corrected chi connectivity index (χ3v) is 4.04. The topological polar surface area (TPSA) is 128 Å². The Bertz CT molecular complexity index is 1040. The molecule has 0 unspecified atom stereocenters. The van der Waals surface area contributed by atoms with Crippen molar-refractivity contribution in [2.24, 2.45) is 5.73 Å². The Morgan fingerprint density at radius 3 is 2.48 bits per heavy atom. The maximum Gasteiger partial charge on any atom is 0.300 e. The third-order valence-electron chi connectivity index (χ3n) is 4.04. The summed E-state index contributed by atoms with van der Waals surface area (Å²) in [7, 11) is 3.28. The largest absolute Gasteiger partial charge is 0.497 e. The number of hydrogen-bond donors (Lipinski definition) is 2. The molecule has 3 N–H and O–H groups in total. The lowest BCUT2D eigenvalue weighted by Crippen LogP contribution is -2.27. The highest BCUT2D eigenvalue weighted by molar-refractivity contribution is 5.97. The number of ether oxygens (including phenoxy) is 2. The van der Waals surface area contributed by atoms with Crippen LogP contribution in [0.15, 0.2) is 48.7 Å². The van der Waals surface area contributed by atoms with Gasteiger partial charge in [0.2, 0.25) is 0 Å². The molecule has 1 amide bonds. The van der Waals surface area contributed by atoms with Gasteiger partial charge in [-0.15, -0.1) is 0 Å². The molecule has 0 atom stereocenters. The second kappa shape index (κ2) is 11.5.